The second-order valence-electron chi connectivity index (χ2n) is 3.98. The van der Waals surface area contributed by atoms with Crippen LogP contribution in [0.2, 0.25) is 0 Å². The quantitative estimate of drug-likeness (QED) is 0.495. The zero-order valence-electron chi connectivity index (χ0n) is 10.2. The molecule has 0 fully saturated rings. The third-order valence-electron chi connectivity index (χ3n) is 2.55. The molecule has 0 amide bonds. The minimum Gasteiger partial charge on any atom is -0.390 e. The molecule has 4 N–H and O–H groups in total. The van der Waals surface area contributed by atoms with Crippen LogP contribution < -0.4 is 11.1 Å². The number of rotatable bonds is 6. The summed E-state index contributed by atoms with van der Waals surface area (Å²) in [6.45, 7) is 2.85. The molecular weight excluding hydrogens is 212 g/mol. The largest absolute Gasteiger partial charge is 0.390 e. The predicted octanol–water partition coefficient (Wildman–Crippen LogP) is 0.530. The molecule has 1 aromatic carbocycles. The van der Waals surface area contributed by atoms with Crippen LogP contribution in [-0.2, 0) is 6.42 Å². The highest BCUT2D eigenvalue weighted by molar-refractivity contribution is 5.16. The van der Waals surface area contributed by atoms with E-state index in [-0.39, 0.29) is 6.04 Å². The van der Waals surface area contributed by atoms with Crippen LogP contribution in [0.1, 0.15) is 12.5 Å². The third-order valence-corrected chi connectivity index (χ3v) is 2.55. The molecule has 0 heterocycles. The van der Waals surface area contributed by atoms with Crippen LogP contribution in [0.5, 0.6) is 0 Å². The molecule has 0 aliphatic rings. The number of hydrogen-bond donors (Lipinski definition) is 3. The Kier molecular flexibility index (Phi) is 6.34. The van der Waals surface area contributed by atoms with Gasteiger partial charge in [0.05, 0.1) is 12.6 Å². The van der Waals surface area contributed by atoms with E-state index < -0.39 is 6.10 Å². The lowest BCUT2D eigenvalue weighted by Gasteiger charge is -2.18. The van der Waals surface area contributed by atoms with E-state index in [2.05, 4.69) is 17.2 Å². The van der Waals surface area contributed by atoms with Gasteiger partial charge in [0, 0.05) is 12.6 Å². The normalized spacial score (nSPS) is 13.6. The van der Waals surface area contributed by atoms with Crippen LogP contribution >= 0.6 is 0 Å². The Balaban J connectivity index is 2.31. The Morgan fingerprint density at radius 1 is 1.35 bits per heavy atom. The van der Waals surface area contributed by atoms with E-state index in [1.807, 2.05) is 30.3 Å². The summed E-state index contributed by atoms with van der Waals surface area (Å²) in [5.74, 6) is 5.66. The Labute approximate surface area is 103 Å². The standard InChI is InChI=1S/C14H20N2O/c1-2-3-9-16-11-14(17)13(15)10-12-7-5-4-6-8-12/h4-8,13-14,16-17H,9-11,15H2,1H3/t13-,14+/m0/s1. The van der Waals surface area contributed by atoms with Gasteiger partial charge < -0.3 is 16.2 Å². The molecule has 0 unspecified atom stereocenters. The van der Waals surface area contributed by atoms with Crippen molar-refractivity contribution in [2.45, 2.75) is 25.5 Å². The van der Waals surface area contributed by atoms with Crippen molar-refractivity contribution in [2.75, 3.05) is 13.1 Å². The Morgan fingerprint density at radius 2 is 2.06 bits per heavy atom. The monoisotopic (exact) mass is 232 g/mol. The first-order valence-corrected chi connectivity index (χ1v) is 5.82. The minimum absolute atomic E-state index is 0.250. The molecule has 3 heteroatoms. The first kappa shape index (κ1) is 13.7. The van der Waals surface area contributed by atoms with E-state index in [4.69, 9.17) is 5.73 Å². The lowest BCUT2D eigenvalue weighted by molar-refractivity contribution is 0.143. The van der Waals surface area contributed by atoms with Crippen molar-refractivity contribution in [3.63, 3.8) is 0 Å². The minimum atomic E-state index is -0.547. The number of nitrogens with one attached hydrogen (secondary N) is 1. The molecule has 2 atom stereocenters. The molecule has 0 aliphatic heterocycles. The van der Waals surface area contributed by atoms with Gasteiger partial charge in [-0.25, -0.2) is 0 Å². The molecule has 92 valence electrons. The van der Waals surface area contributed by atoms with Crippen molar-refractivity contribution in [3.8, 4) is 11.8 Å². The summed E-state index contributed by atoms with van der Waals surface area (Å²) in [6.07, 6.45) is 0.136. The van der Waals surface area contributed by atoms with Gasteiger partial charge in [-0.1, -0.05) is 36.3 Å². The predicted molar refractivity (Wildman–Crippen MR) is 70.4 cm³/mol. The van der Waals surface area contributed by atoms with Crippen LogP contribution in [0, 0.1) is 11.8 Å². The second kappa shape index (κ2) is 7.86. The average molecular weight is 232 g/mol. The van der Waals surface area contributed by atoms with Gasteiger partial charge in [-0.15, -0.1) is 5.92 Å². The van der Waals surface area contributed by atoms with E-state index >= 15 is 0 Å². The zero-order chi connectivity index (χ0) is 12.5. The smallest absolute Gasteiger partial charge is 0.0818 e. The van der Waals surface area contributed by atoms with Crippen molar-refractivity contribution < 1.29 is 5.11 Å². The Morgan fingerprint density at radius 3 is 2.71 bits per heavy atom. The fourth-order valence-electron chi connectivity index (χ4n) is 1.54. The molecule has 0 spiro atoms. The topological polar surface area (TPSA) is 58.3 Å². The molecule has 1 rings (SSSR count). The summed E-state index contributed by atoms with van der Waals surface area (Å²) in [7, 11) is 0. The van der Waals surface area contributed by atoms with Crippen LogP contribution in [0.3, 0.4) is 0 Å². The Bertz CT molecular complexity index is 367. The molecule has 3 nitrogen and oxygen atoms in total. The van der Waals surface area contributed by atoms with Gasteiger partial charge in [0.25, 0.3) is 0 Å². The van der Waals surface area contributed by atoms with E-state index in [9.17, 15) is 5.11 Å². The molecule has 0 radical (unpaired) electrons. The van der Waals surface area contributed by atoms with Gasteiger partial charge in [-0.05, 0) is 18.9 Å². The van der Waals surface area contributed by atoms with Crippen molar-refractivity contribution in [1.82, 2.24) is 5.32 Å². The number of nitrogens with two attached hydrogens (primary N) is 1. The molecule has 0 aromatic heterocycles. The number of aliphatic hydroxyl groups excluding tert-OH is 1. The molecule has 1 aromatic rings. The number of benzene rings is 1. The maximum atomic E-state index is 9.84. The lowest BCUT2D eigenvalue weighted by Crippen LogP contribution is -2.43. The van der Waals surface area contributed by atoms with E-state index in [0.717, 1.165) is 5.56 Å². The zero-order valence-corrected chi connectivity index (χ0v) is 10.2. The van der Waals surface area contributed by atoms with Crippen LogP contribution in [0.15, 0.2) is 30.3 Å². The highest BCUT2D eigenvalue weighted by atomic mass is 16.3. The van der Waals surface area contributed by atoms with E-state index in [1.54, 1.807) is 6.92 Å². The molecular formula is C14H20N2O. The maximum Gasteiger partial charge on any atom is 0.0818 e. The van der Waals surface area contributed by atoms with Gasteiger partial charge >= 0.3 is 0 Å². The van der Waals surface area contributed by atoms with Crippen molar-refractivity contribution >= 4 is 0 Å². The second-order valence-corrected chi connectivity index (χ2v) is 3.98. The average Bonchev–Trinajstić information content (AvgIpc) is 2.35. The summed E-state index contributed by atoms with van der Waals surface area (Å²) in [5, 5.41) is 12.9. The van der Waals surface area contributed by atoms with Crippen molar-refractivity contribution in [2.24, 2.45) is 5.73 Å². The maximum absolute atomic E-state index is 9.84. The summed E-state index contributed by atoms with van der Waals surface area (Å²) in [5.41, 5.74) is 7.08. The number of aliphatic hydroxyl groups is 1. The lowest BCUT2D eigenvalue weighted by atomic mass is 10.0. The summed E-state index contributed by atoms with van der Waals surface area (Å²) in [6, 6.07) is 9.70. The SMILES string of the molecule is CC#CCNC[C@@H](O)[C@@H](N)Cc1ccccc1. The summed E-state index contributed by atoms with van der Waals surface area (Å²) < 4.78 is 0. The van der Waals surface area contributed by atoms with E-state index in [1.165, 1.54) is 0 Å². The van der Waals surface area contributed by atoms with Gasteiger partial charge in [0.1, 0.15) is 0 Å². The van der Waals surface area contributed by atoms with Crippen LogP contribution in [0.4, 0.5) is 0 Å². The fourth-order valence-corrected chi connectivity index (χ4v) is 1.54. The van der Waals surface area contributed by atoms with E-state index in [0.29, 0.717) is 19.5 Å². The van der Waals surface area contributed by atoms with Gasteiger partial charge in [0.2, 0.25) is 0 Å². The molecule has 17 heavy (non-hydrogen) atoms. The molecule has 0 saturated carbocycles. The van der Waals surface area contributed by atoms with Crippen molar-refractivity contribution in [3.05, 3.63) is 35.9 Å². The van der Waals surface area contributed by atoms with Crippen LogP contribution in [0.25, 0.3) is 0 Å². The first-order chi connectivity index (χ1) is 8.24. The highest BCUT2D eigenvalue weighted by Crippen LogP contribution is 2.04. The summed E-state index contributed by atoms with van der Waals surface area (Å²) in [4.78, 5) is 0. The van der Waals surface area contributed by atoms with Gasteiger partial charge in [0.15, 0.2) is 0 Å². The molecule has 0 bridgehead atoms. The highest BCUT2D eigenvalue weighted by Gasteiger charge is 2.14. The van der Waals surface area contributed by atoms with Crippen LogP contribution in [-0.4, -0.2) is 30.3 Å². The fraction of sp³-hybridized carbons (Fsp3) is 0.429. The summed E-state index contributed by atoms with van der Waals surface area (Å²) >= 11 is 0. The molecule has 0 aliphatic carbocycles. The third kappa shape index (κ3) is 5.50. The number of hydrogen-bond acceptors (Lipinski definition) is 3. The van der Waals surface area contributed by atoms with Gasteiger partial charge in [-0.2, -0.15) is 0 Å². The van der Waals surface area contributed by atoms with Gasteiger partial charge in [-0.3, -0.25) is 0 Å². The first-order valence-electron chi connectivity index (χ1n) is 5.82. The Hall–Kier alpha value is -1.34. The van der Waals surface area contributed by atoms with Crippen molar-refractivity contribution in [1.29, 1.82) is 0 Å². The molecule has 0 saturated heterocycles.